The van der Waals surface area contributed by atoms with Crippen LogP contribution in [0.4, 0.5) is 0 Å². The molecule has 2 heteroatoms. The second kappa shape index (κ2) is 7.81. The third-order valence-electron chi connectivity index (χ3n) is 2.80. The second-order valence-electron chi connectivity index (χ2n) is 4.01. The first-order valence-electron chi connectivity index (χ1n) is 5.41. The van der Waals surface area contributed by atoms with Crippen molar-refractivity contribution in [3.8, 4) is 0 Å². The van der Waals surface area contributed by atoms with E-state index in [9.17, 15) is 0 Å². The Balaban J connectivity index is 3.75. The summed E-state index contributed by atoms with van der Waals surface area (Å²) < 4.78 is 0. The van der Waals surface area contributed by atoms with Crippen LogP contribution in [0, 0.1) is 5.92 Å². The topological polar surface area (TPSA) is 3.24 Å². The molecule has 0 aliphatic rings. The summed E-state index contributed by atoms with van der Waals surface area (Å²) in [4.78, 5) is 2.49. The third kappa shape index (κ3) is 5.69. The summed E-state index contributed by atoms with van der Waals surface area (Å²) in [5.74, 6) is 0.810. The Bertz CT molecular complexity index is 113. The fourth-order valence-electron chi connectivity index (χ4n) is 1.51. The van der Waals surface area contributed by atoms with Crippen molar-refractivity contribution in [2.24, 2.45) is 5.92 Å². The van der Waals surface area contributed by atoms with E-state index in [4.69, 9.17) is 0 Å². The minimum absolute atomic E-state index is 0.734. The lowest BCUT2D eigenvalue weighted by Crippen LogP contribution is -2.33. The zero-order valence-electron chi connectivity index (χ0n) is 9.52. The molecule has 80 valence electrons. The standard InChI is InChI=1S/C11H24BrN/c1-5-7-10(3)13(4)9-11(6-2)8-12/h10-11H,5-9H2,1-4H3. The maximum Gasteiger partial charge on any atom is 0.00717 e. The van der Waals surface area contributed by atoms with Crippen LogP contribution in [-0.4, -0.2) is 29.9 Å². The van der Waals surface area contributed by atoms with Gasteiger partial charge in [-0.15, -0.1) is 0 Å². The van der Waals surface area contributed by atoms with Gasteiger partial charge in [-0.05, 0) is 26.3 Å². The van der Waals surface area contributed by atoms with Crippen LogP contribution in [0.25, 0.3) is 0 Å². The molecule has 0 N–H and O–H groups in total. The van der Waals surface area contributed by atoms with Crippen LogP contribution in [0.2, 0.25) is 0 Å². The Morgan fingerprint density at radius 3 is 2.31 bits per heavy atom. The number of halogens is 1. The molecule has 2 unspecified atom stereocenters. The van der Waals surface area contributed by atoms with E-state index in [0.29, 0.717) is 0 Å². The van der Waals surface area contributed by atoms with Crippen molar-refractivity contribution in [3.63, 3.8) is 0 Å². The normalized spacial score (nSPS) is 16.2. The van der Waals surface area contributed by atoms with Crippen molar-refractivity contribution in [1.29, 1.82) is 0 Å². The van der Waals surface area contributed by atoms with Crippen LogP contribution in [0.3, 0.4) is 0 Å². The zero-order valence-corrected chi connectivity index (χ0v) is 11.1. The van der Waals surface area contributed by atoms with Gasteiger partial charge in [-0.3, -0.25) is 0 Å². The monoisotopic (exact) mass is 249 g/mol. The molecule has 0 aliphatic carbocycles. The van der Waals surface area contributed by atoms with Gasteiger partial charge in [-0.2, -0.15) is 0 Å². The minimum atomic E-state index is 0.734. The van der Waals surface area contributed by atoms with E-state index in [1.807, 2.05) is 0 Å². The largest absolute Gasteiger partial charge is 0.303 e. The number of hydrogen-bond donors (Lipinski definition) is 0. The number of hydrogen-bond acceptors (Lipinski definition) is 1. The fraction of sp³-hybridized carbons (Fsp3) is 1.00. The average molecular weight is 250 g/mol. The van der Waals surface area contributed by atoms with Crippen LogP contribution in [0.15, 0.2) is 0 Å². The van der Waals surface area contributed by atoms with Crippen molar-refractivity contribution in [3.05, 3.63) is 0 Å². The van der Waals surface area contributed by atoms with E-state index >= 15 is 0 Å². The molecule has 0 heterocycles. The lowest BCUT2D eigenvalue weighted by Gasteiger charge is -2.27. The molecular formula is C11H24BrN. The summed E-state index contributed by atoms with van der Waals surface area (Å²) in [6, 6.07) is 0.734. The van der Waals surface area contributed by atoms with Crippen LogP contribution < -0.4 is 0 Å². The van der Waals surface area contributed by atoms with Crippen LogP contribution in [0.5, 0.6) is 0 Å². The second-order valence-corrected chi connectivity index (χ2v) is 4.65. The van der Waals surface area contributed by atoms with Gasteiger partial charge in [0.1, 0.15) is 0 Å². The van der Waals surface area contributed by atoms with E-state index in [-0.39, 0.29) is 0 Å². The molecule has 0 aromatic heterocycles. The molecule has 0 saturated carbocycles. The average Bonchev–Trinajstić information content (AvgIpc) is 2.14. The Labute approximate surface area is 92.0 Å². The molecule has 0 amide bonds. The smallest absolute Gasteiger partial charge is 0.00717 e. The predicted molar refractivity (Wildman–Crippen MR) is 64.6 cm³/mol. The van der Waals surface area contributed by atoms with Gasteiger partial charge in [0, 0.05) is 17.9 Å². The molecule has 0 rings (SSSR count). The molecule has 1 nitrogen and oxygen atoms in total. The maximum atomic E-state index is 3.57. The highest BCUT2D eigenvalue weighted by Gasteiger charge is 2.12. The number of alkyl halides is 1. The summed E-state index contributed by atoms with van der Waals surface area (Å²) in [6.07, 6.45) is 3.88. The minimum Gasteiger partial charge on any atom is -0.303 e. The Kier molecular flexibility index (Phi) is 8.07. The molecule has 0 saturated heterocycles. The zero-order chi connectivity index (χ0) is 10.3. The van der Waals surface area contributed by atoms with Gasteiger partial charge in [-0.25, -0.2) is 0 Å². The molecule has 0 aromatic carbocycles. The van der Waals surface area contributed by atoms with Gasteiger partial charge in [0.25, 0.3) is 0 Å². The molecule has 13 heavy (non-hydrogen) atoms. The van der Waals surface area contributed by atoms with Crippen molar-refractivity contribution in [2.75, 3.05) is 18.9 Å². The van der Waals surface area contributed by atoms with Gasteiger partial charge in [0.05, 0.1) is 0 Å². The van der Waals surface area contributed by atoms with Crippen molar-refractivity contribution < 1.29 is 0 Å². The van der Waals surface area contributed by atoms with E-state index in [1.54, 1.807) is 0 Å². The van der Waals surface area contributed by atoms with Gasteiger partial charge in [0.15, 0.2) is 0 Å². The molecule has 0 radical (unpaired) electrons. The Morgan fingerprint density at radius 2 is 1.92 bits per heavy atom. The maximum absolute atomic E-state index is 3.57. The van der Waals surface area contributed by atoms with Crippen LogP contribution >= 0.6 is 15.9 Å². The van der Waals surface area contributed by atoms with Crippen molar-refractivity contribution in [2.45, 2.75) is 46.1 Å². The highest BCUT2D eigenvalue weighted by Crippen LogP contribution is 2.11. The highest BCUT2D eigenvalue weighted by atomic mass is 79.9. The predicted octanol–water partition coefficient (Wildman–Crippen LogP) is 3.53. The molecule has 0 spiro atoms. The number of rotatable bonds is 7. The van der Waals surface area contributed by atoms with Gasteiger partial charge in [-0.1, -0.05) is 42.6 Å². The summed E-state index contributed by atoms with van der Waals surface area (Å²) in [6.45, 7) is 8.07. The first kappa shape index (κ1) is 13.4. The van der Waals surface area contributed by atoms with Crippen molar-refractivity contribution >= 4 is 15.9 Å². The quantitative estimate of drug-likeness (QED) is 0.625. The lowest BCUT2D eigenvalue weighted by molar-refractivity contribution is 0.214. The molecule has 0 aliphatic heterocycles. The van der Waals surface area contributed by atoms with E-state index in [0.717, 1.165) is 17.3 Å². The van der Waals surface area contributed by atoms with Crippen LogP contribution in [0.1, 0.15) is 40.0 Å². The fourth-order valence-corrected chi connectivity index (χ4v) is 2.17. The summed E-state index contributed by atoms with van der Waals surface area (Å²) >= 11 is 3.57. The molecular weight excluding hydrogens is 226 g/mol. The molecule has 0 aromatic rings. The Hall–Kier alpha value is 0.440. The SMILES string of the molecule is CCCC(C)N(C)CC(CC)CBr. The number of nitrogens with zero attached hydrogens (tertiary/aromatic N) is 1. The first-order valence-corrected chi connectivity index (χ1v) is 6.53. The Morgan fingerprint density at radius 1 is 1.31 bits per heavy atom. The van der Waals surface area contributed by atoms with Gasteiger partial charge < -0.3 is 4.90 Å². The highest BCUT2D eigenvalue weighted by molar-refractivity contribution is 9.09. The summed E-state index contributed by atoms with van der Waals surface area (Å²) in [7, 11) is 2.24. The molecule has 0 fully saturated rings. The van der Waals surface area contributed by atoms with E-state index < -0.39 is 0 Å². The van der Waals surface area contributed by atoms with Gasteiger partial charge in [0.2, 0.25) is 0 Å². The first-order chi connectivity index (χ1) is 6.15. The third-order valence-corrected chi connectivity index (χ3v) is 3.72. The van der Waals surface area contributed by atoms with Crippen LogP contribution in [-0.2, 0) is 0 Å². The van der Waals surface area contributed by atoms with E-state index in [1.165, 1.54) is 25.8 Å². The molecule has 0 bridgehead atoms. The summed E-state index contributed by atoms with van der Waals surface area (Å²) in [5, 5.41) is 1.13. The van der Waals surface area contributed by atoms with Gasteiger partial charge >= 0.3 is 0 Å². The molecule has 2 atom stereocenters. The van der Waals surface area contributed by atoms with Crippen molar-refractivity contribution in [1.82, 2.24) is 4.90 Å². The van der Waals surface area contributed by atoms with E-state index in [2.05, 4.69) is 48.6 Å². The lowest BCUT2D eigenvalue weighted by atomic mass is 10.1. The summed E-state index contributed by atoms with van der Waals surface area (Å²) in [5.41, 5.74) is 0.